The molecule has 0 amide bonds. The van der Waals surface area contributed by atoms with Gasteiger partial charge in [0.2, 0.25) is 0 Å². The molecule has 1 heterocycles. The van der Waals surface area contributed by atoms with Crippen LogP contribution in [-0.4, -0.2) is 22.3 Å². The Morgan fingerprint density at radius 1 is 1.11 bits per heavy atom. The Bertz CT molecular complexity index is 790. The molecule has 0 saturated heterocycles. The van der Waals surface area contributed by atoms with E-state index in [2.05, 4.69) is 38.0 Å². The number of carbonyl (C=O) groups is 1. The highest BCUT2D eigenvalue weighted by molar-refractivity contribution is 5.80. The van der Waals surface area contributed by atoms with Crippen LogP contribution in [0.1, 0.15) is 91.7 Å². The molecule has 0 unspecified atom stereocenters. The summed E-state index contributed by atoms with van der Waals surface area (Å²) >= 11 is 0. The Hall–Kier alpha value is -2.10. The van der Waals surface area contributed by atoms with Gasteiger partial charge in [-0.2, -0.15) is 5.10 Å². The average molecular weight is 385 g/mol. The zero-order chi connectivity index (χ0) is 20.7. The molecule has 0 radical (unpaired) electrons. The lowest BCUT2D eigenvalue weighted by molar-refractivity contribution is 0.0817. The average Bonchev–Trinajstić information content (AvgIpc) is 2.93. The largest absolute Gasteiger partial charge is 0.483 e. The van der Waals surface area contributed by atoms with E-state index < -0.39 is 0 Å². The maximum absolute atomic E-state index is 12.8. The number of hydrogen-bond acceptors (Lipinski definition) is 3. The summed E-state index contributed by atoms with van der Waals surface area (Å²) in [5, 5.41) is 4.50. The molecule has 0 aliphatic rings. The van der Waals surface area contributed by atoms with Crippen LogP contribution >= 0.6 is 0 Å². The number of aryl methyl sites for hydroxylation is 2. The Morgan fingerprint density at radius 3 is 2.50 bits per heavy atom. The zero-order valence-electron chi connectivity index (χ0n) is 18.5. The van der Waals surface area contributed by atoms with E-state index in [-0.39, 0.29) is 12.5 Å². The molecular formula is C24H36N2O2. The van der Waals surface area contributed by atoms with Crippen LogP contribution in [0.4, 0.5) is 0 Å². The molecule has 4 heteroatoms. The van der Waals surface area contributed by atoms with Gasteiger partial charge >= 0.3 is 0 Å². The molecule has 1 aromatic heterocycles. The van der Waals surface area contributed by atoms with Crippen LogP contribution in [0.25, 0.3) is 0 Å². The fraction of sp³-hybridized carbons (Fsp3) is 0.583. The van der Waals surface area contributed by atoms with Gasteiger partial charge in [-0.05, 0) is 62.3 Å². The third-order valence-corrected chi connectivity index (χ3v) is 5.35. The number of rotatable bonds is 10. The minimum Gasteiger partial charge on any atom is -0.483 e. The van der Waals surface area contributed by atoms with Crippen LogP contribution < -0.4 is 4.74 Å². The van der Waals surface area contributed by atoms with Gasteiger partial charge in [0, 0.05) is 5.69 Å². The van der Waals surface area contributed by atoms with Gasteiger partial charge in [-0.1, -0.05) is 58.6 Å². The first-order chi connectivity index (χ1) is 13.3. The highest BCUT2D eigenvalue weighted by Gasteiger charge is 2.18. The molecule has 2 aromatic rings. The summed E-state index contributed by atoms with van der Waals surface area (Å²) in [6.07, 6.45) is 7.21. The zero-order valence-corrected chi connectivity index (χ0v) is 18.5. The van der Waals surface area contributed by atoms with Gasteiger partial charge in [-0.25, -0.2) is 4.68 Å². The second kappa shape index (κ2) is 10.4. The summed E-state index contributed by atoms with van der Waals surface area (Å²) in [4.78, 5) is 12.8. The minimum absolute atomic E-state index is 0.00106. The lowest BCUT2D eigenvalue weighted by Gasteiger charge is -2.14. The van der Waals surface area contributed by atoms with E-state index in [4.69, 9.17) is 4.74 Å². The van der Waals surface area contributed by atoms with Crippen molar-refractivity contribution >= 4 is 5.91 Å². The number of nitrogens with zero attached hydrogens (tertiary/aromatic N) is 2. The molecule has 154 valence electrons. The SMILES string of the molecule is CCCCCCCc1c(C)nn(C(=O)COc2cc(C)ccc2C(C)C)c1C. The number of aromatic nitrogens is 2. The van der Waals surface area contributed by atoms with E-state index in [9.17, 15) is 4.79 Å². The van der Waals surface area contributed by atoms with Crippen molar-refractivity contribution in [2.75, 3.05) is 6.61 Å². The number of unbranched alkanes of at least 4 members (excludes halogenated alkanes) is 4. The first-order valence-corrected chi connectivity index (χ1v) is 10.7. The topological polar surface area (TPSA) is 44.1 Å². The fourth-order valence-corrected chi connectivity index (χ4v) is 3.63. The standard InChI is InChI=1S/C24H36N2O2/c1-7-8-9-10-11-12-22-19(5)25-26(20(22)6)24(27)16-28-23-15-18(4)13-14-21(23)17(2)3/h13-15,17H,7-12,16H2,1-6H3. The van der Waals surface area contributed by atoms with E-state index in [1.165, 1.54) is 35.9 Å². The lowest BCUT2D eigenvalue weighted by Crippen LogP contribution is -2.22. The van der Waals surface area contributed by atoms with Gasteiger partial charge in [0.25, 0.3) is 5.91 Å². The molecule has 2 rings (SSSR count). The van der Waals surface area contributed by atoms with Gasteiger partial charge in [-0.15, -0.1) is 0 Å². The molecule has 4 nitrogen and oxygen atoms in total. The van der Waals surface area contributed by atoms with Crippen molar-refractivity contribution in [1.29, 1.82) is 0 Å². The van der Waals surface area contributed by atoms with Crippen LogP contribution in [0.5, 0.6) is 5.75 Å². The monoisotopic (exact) mass is 384 g/mol. The van der Waals surface area contributed by atoms with E-state index in [0.717, 1.165) is 41.1 Å². The predicted molar refractivity (Wildman–Crippen MR) is 116 cm³/mol. The van der Waals surface area contributed by atoms with Crippen LogP contribution in [0.2, 0.25) is 0 Å². The maximum atomic E-state index is 12.8. The molecule has 0 bridgehead atoms. The third kappa shape index (κ3) is 5.70. The Morgan fingerprint density at radius 2 is 1.82 bits per heavy atom. The highest BCUT2D eigenvalue weighted by atomic mass is 16.5. The second-order valence-electron chi connectivity index (χ2n) is 8.10. The summed E-state index contributed by atoms with van der Waals surface area (Å²) < 4.78 is 7.44. The van der Waals surface area contributed by atoms with E-state index in [1.807, 2.05) is 26.8 Å². The quantitative estimate of drug-likeness (QED) is 0.461. The number of benzene rings is 1. The van der Waals surface area contributed by atoms with E-state index >= 15 is 0 Å². The fourth-order valence-electron chi connectivity index (χ4n) is 3.63. The lowest BCUT2D eigenvalue weighted by atomic mass is 10.0. The van der Waals surface area contributed by atoms with E-state index in [1.54, 1.807) is 0 Å². The van der Waals surface area contributed by atoms with Gasteiger partial charge in [0.15, 0.2) is 6.61 Å². The normalized spacial score (nSPS) is 11.2. The molecule has 0 aliphatic heterocycles. The maximum Gasteiger partial charge on any atom is 0.284 e. The molecule has 0 N–H and O–H groups in total. The Balaban J connectivity index is 2.03. The first-order valence-electron chi connectivity index (χ1n) is 10.7. The van der Waals surface area contributed by atoms with Crippen LogP contribution in [-0.2, 0) is 6.42 Å². The summed E-state index contributed by atoms with van der Waals surface area (Å²) in [7, 11) is 0. The van der Waals surface area contributed by atoms with E-state index in [0.29, 0.717) is 5.92 Å². The summed E-state index contributed by atoms with van der Waals surface area (Å²) in [5.74, 6) is 1.02. The molecule has 0 saturated carbocycles. The van der Waals surface area contributed by atoms with Crippen molar-refractivity contribution < 1.29 is 9.53 Å². The van der Waals surface area contributed by atoms with Crippen molar-refractivity contribution in [3.8, 4) is 5.75 Å². The number of carbonyl (C=O) groups excluding carboxylic acids is 1. The van der Waals surface area contributed by atoms with Crippen LogP contribution in [0.3, 0.4) is 0 Å². The molecule has 0 atom stereocenters. The van der Waals surface area contributed by atoms with Crippen molar-refractivity contribution in [3.63, 3.8) is 0 Å². The van der Waals surface area contributed by atoms with Crippen molar-refractivity contribution in [2.24, 2.45) is 0 Å². The van der Waals surface area contributed by atoms with Crippen LogP contribution in [0, 0.1) is 20.8 Å². The predicted octanol–water partition coefficient (Wildman–Crippen LogP) is 6.16. The number of ether oxygens (including phenoxy) is 1. The second-order valence-corrected chi connectivity index (χ2v) is 8.10. The molecular weight excluding hydrogens is 348 g/mol. The molecule has 28 heavy (non-hydrogen) atoms. The summed E-state index contributed by atoms with van der Waals surface area (Å²) in [6, 6.07) is 6.17. The van der Waals surface area contributed by atoms with Crippen molar-refractivity contribution in [3.05, 3.63) is 46.3 Å². The Kier molecular flexibility index (Phi) is 8.28. The molecule has 0 spiro atoms. The first kappa shape index (κ1) is 22.2. The van der Waals surface area contributed by atoms with Gasteiger partial charge < -0.3 is 4.74 Å². The van der Waals surface area contributed by atoms with Gasteiger partial charge in [0.1, 0.15) is 5.75 Å². The summed E-state index contributed by atoms with van der Waals surface area (Å²) in [6.45, 7) is 12.5. The van der Waals surface area contributed by atoms with Gasteiger partial charge in [-0.3, -0.25) is 4.79 Å². The van der Waals surface area contributed by atoms with Crippen LogP contribution in [0.15, 0.2) is 18.2 Å². The minimum atomic E-state index is -0.117. The molecule has 0 aliphatic carbocycles. The summed E-state index contributed by atoms with van der Waals surface area (Å²) in [5.41, 5.74) is 5.38. The molecule has 1 aromatic carbocycles. The highest BCUT2D eigenvalue weighted by Crippen LogP contribution is 2.27. The smallest absolute Gasteiger partial charge is 0.284 e. The number of hydrogen-bond donors (Lipinski definition) is 0. The van der Waals surface area contributed by atoms with Gasteiger partial charge in [0.05, 0.1) is 5.69 Å². The molecule has 0 fully saturated rings. The third-order valence-electron chi connectivity index (χ3n) is 5.35. The van der Waals surface area contributed by atoms with Crippen molar-refractivity contribution in [2.45, 2.75) is 86.0 Å². The van der Waals surface area contributed by atoms with Crippen molar-refractivity contribution in [1.82, 2.24) is 9.78 Å². The Labute approximate surface area is 170 Å².